The molecule has 1 aromatic heterocycles. The van der Waals surface area contributed by atoms with Gasteiger partial charge in [-0.15, -0.1) is 11.3 Å². The monoisotopic (exact) mass is 434 g/mol. The van der Waals surface area contributed by atoms with Crippen molar-refractivity contribution >= 4 is 21.8 Å². The first kappa shape index (κ1) is 23.0. The molecule has 0 radical (unpaired) electrons. The Morgan fingerprint density at radius 1 is 1.27 bits per heavy atom. The van der Waals surface area contributed by atoms with Gasteiger partial charge in [0.15, 0.2) is 0 Å². The summed E-state index contributed by atoms with van der Waals surface area (Å²) in [5.41, 5.74) is 3.04. The van der Waals surface area contributed by atoms with Crippen molar-refractivity contribution in [2.75, 3.05) is 13.2 Å². The average molecular weight is 434 g/mol. The maximum atomic E-state index is 13.7. The standard InChI is InChI=1S/C19H19FN4O5S/c1-3-18(25)21-8-9-29-12-14-10-13(2)22-16(11-14)19(26)23-24-30(27,28)17-7-5-4-6-15(17)20/h1,4-7,10-11,24H,8-9,12H2,2H3,(H,21,25)(H,23,26). The van der Waals surface area contributed by atoms with E-state index >= 15 is 0 Å². The molecule has 0 fully saturated rings. The Kier molecular flexibility index (Phi) is 7.99. The fourth-order valence-corrected chi connectivity index (χ4v) is 3.23. The van der Waals surface area contributed by atoms with Crippen LogP contribution >= 0.6 is 0 Å². The molecule has 0 atom stereocenters. The van der Waals surface area contributed by atoms with Gasteiger partial charge in [0.25, 0.3) is 21.8 Å². The number of sulfonamides is 1. The summed E-state index contributed by atoms with van der Waals surface area (Å²) in [5, 5.41) is 2.44. The molecule has 0 aliphatic heterocycles. The van der Waals surface area contributed by atoms with Crippen molar-refractivity contribution in [1.82, 2.24) is 20.6 Å². The first-order valence-corrected chi connectivity index (χ1v) is 10.1. The van der Waals surface area contributed by atoms with Gasteiger partial charge in [0.05, 0.1) is 13.2 Å². The van der Waals surface area contributed by atoms with Crippen molar-refractivity contribution in [2.24, 2.45) is 0 Å². The molecule has 0 spiro atoms. The van der Waals surface area contributed by atoms with Crippen molar-refractivity contribution in [3.63, 3.8) is 0 Å². The highest BCUT2D eigenvalue weighted by Crippen LogP contribution is 2.12. The molecular weight excluding hydrogens is 415 g/mol. The largest absolute Gasteiger partial charge is 0.375 e. The van der Waals surface area contributed by atoms with Gasteiger partial charge in [0, 0.05) is 12.2 Å². The number of ether oxygens (including phenoxy) is 1. The lowest BCUT2D eigenvalue weighted by atomic mass is 10.2. The number of nitrogens with one attached hydrogen (secondary N) is 3. The Bertz CT molecular complexity index is 1080. The number of hydrogen-bond donors (Lipinski definition) is 3. The maximum absolute atomic E-state index is 13.7. The quantitative estimate of drug-likeness (QED) is 0.298. The number of hydrogen-bond acceptors (Lipinski definition) is 6. The van der Waals surface area contributed by atoms with E-state index in [9.17, 15) is 22.4 Å². The average Bonchev–Trinajstić information content (AvgIpc) is 2.71. The van der Waals surface area contributed by atoms with Crippen molar-refractivity contribution in [2.45, 2.75) is 18.4 Å². The lowest BCUT2D eigenvalue weighted by molar-refractivity contribution is -0.115. The number of pyridine rings is 1. The minimum absolute atomic E-state index is 0.0644. The summed E-state index contributed by atoms with van der Waals surface area (Å²) in [6, 6.07) is 7.85. The first-order chi connectivity index (χ1) is 14.2. The molecule has 0 unspecified atom stereocenters. The smallest absolute Gasteiger partial charge is 0.295 e. The highest BCUT2D eigenvalue weighted by atomic mass is 32.2. The van der Waals surface area contributed by atoms with Gasteiger partial charge in [-0.25, -0.2) is 17.8 Å². The number of nitrogens with zero attached hydrogens (tertiary/aromatic N) is 1. The Morgan fingerprint density at radius 3 is 2.70 bits per heavy atom. The molecule has 0 aliphatic carbocycles. The minimum Gasteiger partial charge on any atom is -0.375 e. The van der Waals surface area contributed by atoms with Crippen LogP contribution in [0.3, 0.4) is 0 Å². The molecule has 30 heavy (non-hydrogen) atoms. The van der Waals surface area contributed by atoms with Crippen LogP contribution in [-0.2, 0) is 26.2 Å². The molecule has 0 saturated heterocycles. The normalized spacial score (nSPS) is 10.8. The van der Waals surface area contributed by atoms with Crippen molar-refractivity contribution in [3.8, 4) is 12.3 Å². The van der Waals surface area contributed by atoms with Crippen LogP contribution in [0.25, 0.3) is 0 Å². The van der Waals surface area contributed by atoms with E-state index in [2.05, 4.69) is 10.3 Å². The van der Waals surface area contributed by atoms with Crippen LogP contribution < -0.4 is 15.6 Å². The second-order valence-corrected chi connectivity index (χ2v) is 7.60. The molecular formula is C19H19FN4O5S. The van der Waals surface area contributed by atoms with E-state index in [1.807, 2.05) is 16.2 Å². The second kappa shape index (κ2) is 10.4. The van der Waals surface area contributed by atoms with Crippen LogP contribution in [0.2, 0.25) is 0 Å². The van der Waals surface area contributed by atoms with Crippen LogP contribution in [-0.4, -0.2) is 38.4 Å². The molecule has 1 heterocycles. The van der Waals surface area contributed by atoms with Gasteiger partial charge in [0.1, 0.15) is 16.4 Å². The number of halogens is 1. The second-order valence-electron chi connectivity index (χ2n) is 5.94. The molecule has 2 amide bonds. The Balaban J connectivity index is 1.97. The highest BCUT2D eigenvalue weighted by molar-refractivity contribution is 7.89. The number of rotatable bonds is 9. The Morgan fingerprint density at radius 2 is 2.00 bits per heavy atom. The summed E-state index contributed by atoms with van der Waals surface area (Å²) in [5.74, 6) is -0.422. The van der Waals surface area contributed by atoms with Gasteiger partial charge < -0.3 is 10.1 Å². The van der Waals surface area contributed by atoms with E-state index in [4.69, 9.17) is 11.2 Å². The van der Waals surface area contributed by atoms with E-state index < -0.39 is 32.6 Å². The lowest BCUT2D eigenvalue weighted by Gasteiger charge is -2.10. The highest BCUT2D eigenvalue weighted by Gasteiger charge is 2.20. The predicted molar refractivity (Wildman–Crippen MR) is 105 cm³/mol. The summed E-state index contributed by atoms with van der Waals surface area (Å²) in [4.78, 5) is 28.5. The molecule has 0 saturated carbocycles. The van der Waals surface area contributed by atoms with Gasteiger partial charge >= 0.3 is 0 Å². The zero-order chi connectivity index (χ0) is 22.1. The number of amides is 2. The molecule has 1 aromatic carbocycles. The predicted octanol–water partition coefficient (Wildman–Crippen LogP) is 0.418. The molecule has 9 nitrogen and oxygen atoms in total. The molecule has 2 rings (SSSR count). The topological polar surface area (TPSA) is 126 Å². The van der Waals surface area contributed by atoms with E-state index in [1.165, 1.54) is 18.2 Å². The van der Waals surface area contributed by atoms with E-state index in [-0.39, 0.29) is 25.5 Å². The molecule has 2 aromatic rings. The molecule has 0 bridgehead atoms. The van der Waals surface area contributed by atoms with Gasteiger partial charge in [-0.2, -0.15) is 0 Å². The van der Waals surface area contributed by atoms with E-state index in [0.29, 0.717) is 11.3 Å². The molecule has 3 N–H and O–H groups in total. The van der Waals surface area contributed by atoms with Crippen LogP contribution in [0, 0.1) is 25.1 Å². The summed E-state index contributed by atoms with van der Waals surface area (Å²) in [7, 11) is -4.30. The number of benzene rings is 1. The van der Waals surface area contributed by atoms with Crippen LogP contribution in [0.5, 0.6) is 0 Å². The SMILES string of the molecule is C#CC(=O)NCCOCc1cc(C)nc(C(=O)NNS(=O)(=O)c2ccccc2F)c1. The molecule has 158 valence electrons. The summed E-state index contributed by atoms with van der Waals surface area (Å²) in [6.07, 6.45) is 4.92. The third-order valence-corrected chi connectivity index (χ3v) is 4.88. The number of hydrazine groups is 1. The molecule has 0 aliphatic rings. The summed E-state index contributed by atoms with van der Waals surface area (Å²) in [6.45, 7) is 2.19. The number of terminal acetylenes is 1. The van der Waals surface area contributed by atoms with Crippen molar-refractivity contribution in [3.05, 3.63) is 59.2 Å². The number of aryl methyl sites for hydroxylation is 1. The van der Waals surface area contributed by atoms with Crippen molar-refractivity contribution in [1.29, 1.82) is 0 Å². The molecule has 11 heteroatoms. The van der Waals surface area contributed by atoms with E-state index in [1.54, 1.807) is 13.0 Å². The van der Waals surface area contributed by atoms with Crippen LogP contribution in [0.1, 0.15) is 21.7 Å². The lowest BCUT2D eigenvalue weighted by Crippen LogP contribution is -2.42. The van der Waals surface area contributed by atoms with Gasteiger partial charge in [-0.05, 0) is 42.7 Å². The number of carbonyl (C=O) groups excluding carboxylic acids is 2. The third kappa shape index (κ3) is 6.63. The Labute approximate surface area is 173 Å². The van der Waals surface area contributed by atoms with Gasteiger partial charge in [0.2, 0.25) is 0 Å². The van der Waals surface area contributed by atoms with E-state index in [0.717, 1.165) is 12.1 Å². The minimum atomic E-state index is -4.30. The van der Waals surface area contributed by atoms with Crippen LogP contribution in [0.4, 0.5) is 4.39 Å². The number of carbonyl (C=O) groups is 2. The van der Waals surface area contributed by atoms with Gasteiger partial charge in [-0.3, -0.25) is 15.0 Å². The fraction of sp³-hybridized carbons (Fsp3) is 0.211. The summed E-state index contributed by atoms with van der Waals surface area (Å²) >= 11 is 0. The first-order valence-electron chi connectivity index (χ1n) is 8.59. The fourth-order valence-electron chi connectivity index (χ4n) is 2.31. The maximum Gasteiger partial charge on any atom is 0.295 e. The Hall–Kier alpha value is -3.33. The number of aromatic nitrogens is 1. The third-order valence-electron chi connectivity index (χ3n) is 3.60. The zero-order valence-electron chi connectivity index (χ0n) is 15.9. The zero-order valence-corrected chi connectivity index (χ0v) is 16.8. The van der Waals surface area contributed by atoms with Crippen LogP contribution in [0.15, 0.2) is 41.3 Å². The van der Waals surface area contributed by atoms with Gasteiger partial charge in [-0.1, -0.05) is 12.1 Å². The summed E-state index contributed by atoms with van der Waals surface area (Å²) < 4.78 is 43.4. The van der Waals surface area contributed by atoms with Crippen molar-refractivity contribution < 1.29 is 27.1 Å².